The summed E-state index contributed by atoms with van der Waals surface area (Å²) in [4.78, 5) is 16.1. The normalized spacial score (nSPS) is 12.0. The Hall–Kier alpha value is -2.58. The van der Waals surface area contributed by atoms with Crippen LogP contribution in [0.25, 0.3) is 21.0 Å². The molecule has 2 aromatic heterocycles. The van der Waals surface area contributed by atoms with Crippen molar-refractivity contribution in [2.75, 3.05) is 25.1 Å². The maximum atomic E-state index is 5.58. The van der Waals surface area contributed by atoms with Crippen LogP contribution in [-0.2, 0) is 21.6 Å². The van der Waals surface area contributed by atoms with E-state index in [1.165, 1.54) is 10.3 Å². The lowest BCUT2D eigenvalue weighted by Crippen LogP contribution is -2.19. The van der Waals surface area contributed by atoms with Crippen LogP contribution in [-0.4, -0.2) is 29.7 Å². The molecule has 0 bridgehead atoms. The van der Waals surface area contributed by atoms with Crippen molar-refractivity contribution < 1.29 is 9.57 Å². The second-order valence-corrected chi connectivity index (χ2v) is 9.83. The summed E-state index contributed by atoms with van der Waals surface area (Å²) in [7, 11) is 0. The molecule has 0 atom stereocenters. The monoisotopic (exact) mass is 450 g/mol. The molecule has 2 N–H and O–H groups in total. The van der Waals surface area contributed by atoms with Crippen molar-refractivity contribution >= 4 is 44.0 Å². The molecule has 0 amide bonds. The van der Waals surface area contributed by atoms with Gasteiger partial charge in [-0.15, -0.1) is 11.3 Å². The van der Waals surface area contributed by atoms with Crippen LogP contribution in [0, 0.1) is 0 Å². The van der Waals surface area contributed by atoms with Gasteiger partial charge in [-0.3, -0.25) is 4.84 Å². The minimum absolute atomic E-state index is 0.0845. The number of aromatic nitrogens is 2. The minimum Gasteiger partial charge on any atom is -0.380 e. The second-order valence-electron chi connectivity index (χ2n) is 8.66. The fraction of sp³-hybridized carbons (Fsp3) is 0.360. The molecule has 0 saturated heterocycles. The van der Waals surface area contributed by atoms with Crippen LogP contribution in [0.1, 0.15) is 38.1 Å². The van der Waals surface area contributed by atoms with Crippen molar-refractivity contribution in [3.05, 3.63) is 59.1 Å². The Bertz CT molecular complexity index is 1200. The maximum Gasteiger partial charge on any atom is 0.227 e. The van der Waals surface area contributed by atoms with E-state index in [0.717, 1.165) is 26.9 Å². The highest BCUT2D eigenvalue weighted by molar-refractivity contribution is 7.19. The van der Waals surface area contributed by atoms with Gasteiger partial charge in [0.2, 0.25) is 5.95 Å². The molecule has 0 unspecified atom stereocenters. The fourth-order valence-electron chi connectivity index (χ4n) is 3.44. The molecule has 32 heavy (non-hydrogen) atoms. The van der Waals surface area contributed by atoms with Gasteiger partial charge in [0.15, 0.2) is 0 Å². The fourth-order valence-corrected chi connectivity index (χ4v) is 4.42. The van der Waals surface area contributed by atoms with Crippen LogP contribution in [0.2, 0.25) is 0 Å². The molecule has 6 nitrogen and oxygen atoms in total. The smallest absolute Gasteiger partial charge is 0.227 e. The first-order valence-electron chi connectivity index (χ1n) is 10.9. The van der Waals surface area contributed by atoms with Gasteiger partial charge in [0.1, 0.15) is 6.61 Å². The number of nitrogens with zero attached hydrogens (tertiary/aromatic N) is 2. The molecular weight excluding hydrogens is 420 g/mol. The van der Waals surface area contributed by atoms with E-state index in [1.807, 2.05) is 19.2 Å². The van der Waals surface area contributed by atoms with Crippen molar-refractivity contribution in [1.29, 1.82) is 0 Å². The summed E-state index contributed by atoms with van der Waals surface area (Å²) in [5.74, 6) is 0.595. The van der Waals surface area contributed by atoms with Crippen LogP contribution in [0.15, 0.2) is 48.7 Å². The molecule has 2 heterocycles. The summed E-state index contributed by atoms with van der Waals surface area (Å²) in [5, 5.41) is 5.51. The Balaban J connectivity index is 1.53. The second kappa shape index (κ2) is 9.92. The van der Waals surface area contributed by atoms with Crippen LogP contribution < -0.4 is 10.8 Å². The van der Waals surface area contributed by atoms with Gasteiger partial charge in [-0.1, -0.05) is 32.9 Å². The van der Waals surface area contributed by atoms with Gasteiger partial charge in [0, 0.05) is 45.4 Å². The Morgan fingerprint density at radius 3 is 2.78 bits per heavy atom. The molecule has 0 saturated carbocycles. The van der Waals surface area contributed by atoms with Gasteiger partial charge in [0.25, 0.3) is 0 Å². The molecule has 4 rings (SSSR count). The van der Waals surface area contributed by atoms with Crippen LogP contribution in [0.3, 0.4) is 0 Å². The lowest BCUT2D eigenvalue weighted by atomic mass is 9.87. The quantitative estimate of drug-likeness (QED) is 0.243. The van der Waals surface area contributed by atoms with E-state index in [-0.39, 0.29) is 5.41 Å². The average molecular weight is 451 g/mol. The summed E-state index contributed by atoms with van der Waals surface area (Å²) < 4.78 is 6.48. The largest absolute Gasteiger partial charge is 0.380 e. The van der Waals surface area contributed by atoms with Crippen LogP contribution >= 0.6 is 11.3 Å². The summed E-state index contributed by atoms with van der Waals surface area (Å²) in [5.41, 5.74) is 6.23. The van der Waals surface area contributed by atoms with Crippen LogP contribution in [0.4, 0.5) is 11.6 Å². The molecule has 0 aliphatic carbocycles. The van der Waals surface area contributed by atoms with Crippen molar-refractivity contribution in [3.63, 3.8) is 0 Å². The van der Waals surface area contributed by atoms with E-state index in [2.05, 4.69) is 73.0 Å². The first-order valence-corrected chi connectivity index (χ1v) is 11.7. The van der Waals surface area contributed by atoms with E-state index >= 15 is 0 Å². The topological polar surface area (TPSA) is 68.3 Å². The predicted octanol–water partition coefficient (Wildman–Crippen LogP) is 5.94. The van der Waals surface area contributed by atoms with E-state index in [9.17, 15) is 0 Å². The number of anilines is 2. The van der Waals surface area contributed by atoms with Crippen molar-refractivity contribution in [2.45, 2.75) is 39.7 Å². The summed E-state index contributed by atoms with van der Waals surface area (Å²) >= 11 is 1.72. The SMILES string of the molecule is CCOCCNOCc1cc2c(ccc3cnc(Nc4cccc(C(C)(C)C)c4)nc32)s1. The molecule has 7 heteroatoms. The average Bonchev–Trinajstić information content (AvgIpc) is 3.19. The Kier molecular flexibility index (Phi) is 7.01. The van der Waals surface area contributed by atoms with Crippen molar-refractivity contribution in [1.82, 2.24) is 15.4 Å². The van der Waals surface area contributed by atoms with Gasteiger partial charge in [-0.2, -0.15) is 5.48 Å². The first-order chi connectivity index (χ1) is 15.4. The molecular formula is C25H30N4O2S. The zero-order chi connectivity index (χ0) is 22.6. The number of rotatable bonds is 9. The third-order valence-corrected chi connectivity index (χ3v) is 6.23. The number of hydrogen-bond acceptors (Lipinski definition) is 7. The van der Waals surface area contributed by atoms with Crippen molar-refractivity contribution in [2.24, 2.45) is 0 Å². The zero-order valence-corrected chi connectivity index (χ0v) is 19.9. The third kappa shape index (κ3) is 5.42. The Morgan fingerprint density at radius 2 is 1.97 bits per heavy atom. The number of thiophene rings is 1. The van der Waals surface area contributed by atoms with E-state index < -0.39 is 0 Å². The molecule has 168 valence electrons. The number of ether oxygens (including phenoxy) is 1. The van der Waals surface area contributed by atoms with E-state index in [4.69, 9.17) is 14.6 Å². The Morgan fingerprint density at radius 1 is 1.09 bits per heavy atom. The highest BCUT2D eigenvalue weighted by Gasteiger charge is 2.14. The lowest BCUT2D eigenvalue weighted by Gasteiger charge is -2.19. The van der Waals surface area contributed by atoms with Gasteiger partial charge in [-0.25, -0.2) is 9.97 Å². The molecule has 2 aromatic carbocycles. The lowest BCUT2D eigenvalue weighted by molar-refractivity contribution is 0.0122. The molecule has 4 aromatic rings. The zero-order valence-electron chi connectivity index (χ0n) is 19.1. The molecule has 0 radical (unpaired) electrons. The molecule has 0 aliphatic rings. The van der Waals surface area contributed by atoms with Gasteiger partial charge in [0.05, 0.1) is 12.1 Å². The third-order valence-electron chi connectivity index (χ3n) is 5.15. The number of hydrogen-bond donors (Lipinski definition) is 2. The minimum atomic E-state index is 0.0845. The highest BCUT2D eigenvalue weighted by atomic mass is 32.1. The van der Waals surface area contributed by atoms with Crippen LogP contribution in [0.5, 0.6) is 0 Å². The standard InChI is InChI=1S/C25H30N4O2S/c1-5-30-12-11-27-31-16-20-14-21-22(32-20)10-9-17-15-26-24(29-23(17)21)28-19-8-6-7-18(13-19)25(2,3)4/h6-10,13-15,27H,5,11-12,16H2,1-4H3,(H,26,28,29). The highest BCUT2D eigenvalue weighted by Crippen LogP contribution is 2.32. The predicted molar refractivity (Wildman–Crippen MR) is 133 cm³/mol. The first kappa shape index (κ1) is 22.6. The number of hydroxylamine groups is 1. The molecule has 0 aliphatic heterocycles. The number of nitrogens with one attached hydrogen (secondary N) is 2. The van der Waals surface area contributed by atoms with E-state index in [1.54, 1.807) is 11.3 Å². The Labute approximate surface area is 192 Å². The number of benzene rings is 2. The molecule has 0 spiro atoms. The van der Waals surface area contributed by atoms with Gasteiger partial charge >= 0.3 is 0 Å². The number of fused-ring (bicyclic) bond motifs is 3. The summed E-state index contributed by atoms with van der Waals surface area (Å²) in [6.07, 6.45) is 1.88. The van der Waals surface area contributed by atoms with Gasteiger partial charge < -0.3 is 10.1 Å². The van der Waals surface area contributed by atoms with Crippen molar-refractivity contribution in [3.8, 4) is 0 Å². The summed E-state index contributed by atoms with van der Waals surface area (Å²) in [6, 6.07) is 14.8. The van der Waals surface area contributed by atoms with Gasteiger partial charge in [-0.05, 0) is 48.2 Å². The maximum absolute atomic E-state index is 5.58. The molecule has 0 fully saturated rings. The van der Waals surface area contributed by atoms with E-state index in [0.29, 0.717) is 32.3 Å². The summed E-state index contributed by atoms with van der Waals surface area (Å²) in [6.45, 7) is 11.1.